The molecular formula is C34H32O2. The van der Waals surface area contributed by atoms with Gasteiger partial charge in [0.05, 0.1) is 0 Å². The van der Waals surface area contributed by atoms with Crippen LogP contribution in [0.1, 0.15) is 35.1 Å². The normalized spacial score (nSPS) is 23.5. The molecule has 3 aliphatic carbocycles. The first kappa shape index (κ1) is 23.0. The van der Waals surface area contributed by atoms with Crippen molar-refractivity contribution < 1.29 is 10.2 Å². The van der Waals surface area contributed by atoms with E-state index in [9.17, 15) is 10.2 Å². The molecule has 2 N–H and O–H groups in total. The topological polar surface area (TPSA) is 40.5 Å². The summed E-state index contributed by atoms with van der Waals surface area (Å²) in [6, 6.07) is 40.1. The Morgan fingerprint density at radius 3 is 0.889 bits per heavy atom. The molecule has 2 bridgehead atoms. The largest absolute Gasteiger partial charge is 0.380 e. The van der Waals surface area contributed by atoms with E-state index in [0.717, 1.165) is 35.1 Å². The average Bonchev–Trinajstić information content (AvgIpc) is 2.98. The van der Waals surface area contributed by atoms with Crippen LogP contribution in [0.4, 0.5) is 0 Å². The maximum absolute atomic E-state index is 13.0. The van der Waals surface area contributed by atoms with Gasteiger partial charge in [0, 0.05) is 11.8 Å². The molecule has 3 aliphatic rings. The second-order valence-corrected chi connectivity index (χ2v) is 10.3. The van der Waals surface area contributed by atoms with Crippen molar-refractivity contribution in [3.8, 4) is 0 Å². The number of hydrogen-bond acceptors (Lipinski definition) is 2. The summed E-state index contributed by atoms with van der Waals surface area (Å²) in [6.07, 6.45) is 6.60. The molecule has 4 aromatic rings. The van der Waals surface area contributed by atoms with Crippen molar-refractivity contribution in [2.45, 2.75) is 24.0 Å². The summed E-state index contributed by atoms with van der Waals surface area (Å²) >= 11 is 0. The van der Waals surface area contributed by atoms with Gasteiger partial charge in [-0.3, -0.25) is 0 Å². The standard InChI is InChI=1S/C34H32O2/c35-33(27-13-5-1-6-14-27,28-15-7-2-8-16-28)31-25-21-23-26(24-22-25)32(31)34(36,29-17-9-3-10-18-29)30-19-11-4-12-20-30/h1-21,23,25-26,31-32,35-36H,22,24H2/t25-,26+,31-,32-/m0/s1. The van der Waals surface area contributed by atoms with E-state index in [4.69, 9.17) is 0 Å². The third-order valence-corrected chi connectivity index (χ3v) is 8.57. The van der Waals surface area contributed by atoms with Crippen LogP contribution in [-0.2, 0) is 11.2 Å². The van der Waals surface area contributed by atoms with Crippen LogP contribution in [0.25, 0.3) is 0 Å². The van der Waals surface area contributed by atoms with Gasteiger partial charge in [-0.1, -0.05) is 133 Å². The van der Waals surface area contributed by atoms with Crippen LogP contribution in [-0.4, -0.2) is 10.2 Å². The molecule has 0 spiro atoms. The van der Waals surface area contributed by atoms with Gasteiger partial charge in [-0.25, -0.2) is 0 Å². The molecule has 4 aromatic carbocycles. The molecule has 0 heterocycles. The highest BCUT2D eigenvalue weighted by Gasteiger charge is 2.59. The summed E-state index contributed by atoms with van der Waals surface area (Å²) in [5.74, 6) is -0.165. The van der Waals surface area contributed by atoms with Crippen LogP contribution >= 0.6 is 0 Å². The summed E-state index contributed by atoms with van der Waals surface area (Å²) < 4.78 is 0. The van der Waals surface area contributed by atoms with Gasteiger partial charge in [0.15, 0.2) is 0 Å². The fraction of sp³-hybridized carbons (Fsp3) is 0.235. The Kier molecular flexibility index (Phi) is 5.87. The molecule has 0 amide bonds. The maximum Gasteiger partial charge on any atom is 0.118 e. The Morgan fingerprint density at radius 1 is 0.417 bits per heavy atom. The minimum atomic E-state index is -1.27. The minimum Gasteiger partial charge on any atom is -0.380 e. The first-order valence-electron chi connectivity index (χ1n) is 13.0. The molecule has 0 aliphatic heterocycles. The Labute approximate surface area is 213 Å². The fourth-order valence-electron chi connectivity index (χ4n) is 7.01. The van der Waals surface area contributed by atoms with Gasteiger partial charge in [0.1, 0.15) is 11.2 Å². The second-order valence-electron chi connectivity index (χ2n) is 10.3. The summed E-state index contributed by atoms with van der Waals surface area (Å²) in [6.45, 7) is 0. The number of allylic oxidation sites excluding steroid dienone is 2. The predicted molar refractivity (Wildman–Crippen MR) is 144 cm³/mol. The van der Waals surface area contributed by atoms with Gasteiger partial charge in [-0.05, 0) is 46.9 Å². The summed E-state index contributed by atoms with van der Waals surface area (Å²) in [5.41, 5.74) is 0.954. The third-order valence-electron chi connectivity index (χ3n) is 8.57. The van der Waals surface area contributed by atoms with E-state index in [1.165, 1.54) is 0 Å². The van der Waals surface area contributed by atoms with E-state index < -0.39 is 11.2 Å². The minimum absolute atomic E-state index is 0.143. The summed E-state index contributed by atoms with van der Waals surface area (Å²) in [7, 11) is 0. The maximum atomic E-state index is 13.0. The molecule has 0 aromatic heterocycles. The molecule has 2 heteroatoms. The number of aliphatic hydroxyl groups is 2. The molecule has 0 unspecified atom stereocenters. The first-order chi connectivity index (χ1) is 17.6. The van der Waals surface area contributed by atoms with Gasteiger partial charge in [0.2, 0.25) is 0 Å². The molecule has 4 atom stereocenters. The average molecular weight is 473 g/mol. The molecule has 2 nitrogen and oxygen atoms in total. The summed E-state index contributed by atoms with van der Waals surface area (Å²) in [4.78, 5) is 0. The van der Waals surface area contributed by atoms with E-state index >= 15 is 0 Å². The van der Waals surface area contributed by atoms with Crippen molar-refractivity contribution in [2.75, 3.05) is 0 Å². The highest BCUT2D eigenvalue weighted by Crippen LogP contribution is 2.60. The van der Waals surface area contributed by atoms with E-state index in [1.807, 2.05) is 121 Å². The Hall–Kier alpha value is -3.46. The first-order valence-corrected chi connectivity index (χ1v) is 13.0. The van der Waals surface area contributed by atoms with Gasteiger partial charge in [-0.15, -0.1) is 0 Å². The Balaban J connectivity index is 1.63. The van der Waals surface area contributed by atoms with Crippen molar-refractivity contribution in [3.63, 3.8) is 0 Å². The van der Waals surface area contributed by atoms with Crippen LogP contribution in [0, 0.1) is 23.7 Å². The van der Waals surface area contributed by atoms with E-state index in [1.54, 1.807) is 0 Å². The molecule has 180 valence electrons. The van der Waals surface area contributed by atoms with Crippen LogP contribution in [0.15, 0.2) is 133 Å². The predicted octanol–water partition coefficient (Wildman–Crippen LogP) is 6.69. The molecule has 0 radical (unpaired) electrons. The smallest absolute Gasteiger partial charge is 0.118 e. The van der Waals surface area contributed by atoms with Gasteiger partial charge >= 0.3 is 0 Å². The van der Waals surface area contributed by atoms with Crippen molar-refractivity contribution in [2.24, 2.45) is 23.7 Å². The lowest BCUT2D eigenvalue weighted by Gasteiger charge is -2.57. The molecule has 0 saturated heterocycles. The van der Waals surface area contributed by atoms with E-state index in [0.29, 0.717) is 0 Å². The van der Waals surface area contributed by atoms with Crippen molar-refractivity contribution in [1.82, 2.24) is 0 Å². The molecule has 36 heavy (non-hydrogen) atoms. The van der Waals surface area contributed by atoms with Crippen LogP contribution in [0.5, 0.6) is 0 Å². The lowest BCUT2D eigenvalue weighted by atomic mass is 9.49. The quantitative estimate of drug-likeness (QED) is 0.307. The third kappa shape index (κ3) is 3.56. The SMILES string of the molecule is OC(c1ccccc1)(c1ccccc1)[C@@H]1[C@@H](C(O)(c2ccccc2)c2ccccc2)[C@H]2C=C[C@@H]1CC2. The fourth-order valence-corrected chi connectivity index (χ4v) is 7.01. The number of fused-ring (bicyclic) bond motifs is 2. The van der Waals surface area contributed by atoms with Crippen LogP contribution in [0.3, 0.4) is 0 Å². The van der Waals surface area contributed by atoms with E-state index in [-0.39, 0.29) is 23.7 Å². The Morgan fingerprint density at radius 2 is 0.667 bits per heavy atom. The van der Waals surface area contributed by atoms with Gasteiger partial charge in [0.25, 0.3) is 0 Å². The van der Waals surface area contributed by atoms with Gasteiger partial charge in [-0.2, -0.15) is 0 Å². The highest BCUT2D eigenvalue weighted by molar-refractivity contribution is 5.44. The van der Waals surface area contributed by atoms with Crippen molar-refractivity contribution >= 4 is 0 Å². The number of rotatable bonds is 6. The molecular weight excluding hydrogens is 440 g/mol. The van der Waals surface area contributed by atoms with Crippen LogP contribution in [0.2, 0.25) is 0 Å². The monoisotopic (exact) mass is 472 g/mol. The zero-order valence-electron chi connectivity index (χ0n) is 20.3. The highest BCUT2D eigenvalue weighted by atomic mass is 16.3. The van der Waals surface area contributed by atoms with Crippen molar-refractivity contribution in [3.05, 3.63) is 156 Å². The molecule has 7 rings (SSSR count). The lowest BCUT2D eigenvalue weighted by molar-refractivity contribution is -0.134. The molecule has 1 saturated carbocycles. The van der Waals surface area contributed by atoms with Crippen LogP contribution < -0.4 is 0 Å². The second kappa shape index (κ2) is 9.20. The summed E-state index contributed by atoms with van der Waals surface area (Å²) in [5, 5.41) is 26.0. The zero-order valence-corrected chi connectivity index (χ0v) is 20.3. The van der Waals surface area contributed by atoms with Gasteiger partial charge < -0.3 is 10.2 Å². The van der Waals surface area contributed by atoms with E-state index in [2.05, 4.69) is 12.2 Å². The number of hydrogen-bond donors (Lipinski definition) is 2. The Bertz CT molecular complexity index is 1130. The van der Waals surface area contributed by atoms with Crippen molar-refractivity contribution in [1.29, 1.82) is 0 Å². The molecule has 1 fully saturated rings. The number of benzene rings is 4. The zero-order chi connectivity index (χ0) is 24.6. The lowest BCUT2D eigenvalue weighted by Crippen LogP contribution is -2.57.